The van der Waals surface area contributed by atoms with Gasteiger partial charge in [0.1, 0.15) is 5.82 Å². The molecule has 26 heavy (non-hydrogen) atoms. The quantitative estimate of drug-likeness (QED) is 0.731. The van der Waals surface area contributed by atoms with Crippen molar-refractivity contribution < 1.29 is 4.79 Å². The van der Waals surface area contributed by atoms with E-state index < -0.39 is 0 Å². The van der Waals surface area contributed by atoms with E-state index in [1.807, 2.05) is 48.2 Å². The second kappa shape index (κ2) is 6.48. The van der Waals surface area contributed by atoms with Gasteiger partial charge in [0, 0.05) is 29.8 Å². The van der Waals surface area contributed by atoms with Crippen LogP contribution in [0.25, 0.3) is 0 Å². The van der Waals surface area contributed by atoms with Crippen molar-refractivity contribution in [2.45, 2.75) is 19.5 Å². The Kier molecular flexibility index (Phi) is 4.01. The van der Waals surface area contributed by atoms with Gasteiger partial charge in [0.2, 0.25) is 0 Å². The minimum Gasteiger partial charge on any atom is -0.399 e. The van der Waals surface area contributed by atoms with Crippen molar-refractivity contribution >= 4 is 23.2 Å². The third-order valence-corrected chi connectivity index (χ3v) is 4.64. The van der Waals surface area contributed by atoms with E-state index in [9.17, 15) is 4.79 Å². The lowest BCUT2D eigenvalue weighted by molar-refractivity contribution is 0.180. The fourth-order valence-electron chi connectivity index (χ4n) is 3.19. The molecule has 0 saturated carbocycles. The molecule has 1 atom stereocenters. The van der Waals surface area contributed by atoms with Crippen LogP contribution in [0.2, 0.25) is 0 Å². The average molecular weight is 345 g/mol. The van der Waals surface area contributed by atoms with E-state index in [2.05, 4.69) is 9.97 Å². The van der Waals surface area contributed by atoms with Gasteiger partial charge in [-0.2, -0.15) is 0 Å². The van der Waals surface area contributed by atoms with Gasteiger partial charge in [0.05, 0.1) is 18.3 Å². The summed E-state index contributed by atoms with van der Waals surface area (Å²) >= 11 is 0. The predicted molar refractivity (Wildman–Crippen MR) is 101 cm³/mol. The highest BCUT2D eigenvalue weighted by Crippen LogP contribution is 2.36. The van der Waals surface area contributed by atoms with Crippen LogP contribution in [-0.2, 0) is 6.54 Å². The molecule has 1 unspecified atom stereocenters. The molecule has 0 aliphatic carbocycles. The van der Waals surface area contributed by atoms with Gasteiger partial charge in [-0.05, 0) is 48.9 Å². The molecule has 3 aromatic rings. The highest BCUT2D eigenvalue weighted by Gasteiger charge is 2.35. The standard InChI is InChI=1S/C20H19N5O/c1-14(15-4-2-10-22-12-15)24-13-16-5-3-11-23-19(16)25(20(24)26)18-8-6-17(21)7-9-18/h2-12,14H,13,21H2,1H3. The van der Waals surface area contributed by atoms with E-state index in [4.69, 9.17) is 5.73 Å². The van der Waals surface area contributed by atoms with Crippen LogP contribution in [-0.4, -0.2) is 20.9 Å². The molecular formula is C20H19N5O. The minimum absolute atomic E-state index is 0.110. The normalized spacial score (nSPS) is 14.9. The number of amides is 2. The third kappa shape index (κ3) is 2.75. The zero-order valence-corrected chi connectivity index (χ0v) is 14.4. The number of anilines is 3. The SMILES string of the molecule is CC(c1cccnc1)N1Cc2cccnc2N(c2ccc(N)cc2)C1=O. The number of pyridine rings is 2. The van der Waals surface area contributed by atoms with Gasteiger partial charge in [0.25, 0.3) is 0 Å². The molecule has 2 N–H and O–H groups in total. The topological polar surface area (TPSA) is 75.3 Å². The summed E-state index contributed by atoms with van der Waals surface area (Å²) in [5.41, 5.74) is 9.19. The summed E-state index contributed by atoms with van der Waals surface area (Å²) in [6.07, 6.45) is 5.23. The Balaban J connectivity index is 1.78. The Morgan fingerprint density at radius 3 is 2.58 bits per heavy atom. The molecule has 1 aromatic carbocycles. The number of nitrogen functional groups attached to an aromatic ring is 1. The Bertz CT molecular complexity index is 926. The Morgan fingerprint density at radius 1 is 1.08 bits per heavy atom. The van der Waals surface area contributed by atoms with Crippen molar-refractivity contribution in [3.05, 3.63) is 78.2 Å². The zero-order chi connectivity index (χ0) is 18.1. The first-order valence-corrected chi connectivity index (χ1v) is 8.45. The van der Waals surface area contributed by atoms with E-state index in [-0.39, 0.29) is 12.1 Å². The molecule has 130 valence electrons. The lowest BCUT2D eigenvalue weighted by Gasteiger charge is -2.39. The number of benzene rings is 1. The smallest absolute Gasteiger partial charge is 0.331 e. The lowest BCUT2D eigenvalue weighted by atomic mass is 10.1. The Labute approximate surface area is 151 Å². The molecule has 0 saturated heterocycles. The van der Waals surface area contributed by atoms with Gasteiger partial charge in [-0.3, -0.25) is 4.98 Å². The molecule has 6 heteroatoms. The lowest BCUT2D eigenvalue weighted by Crippen LogP contribution is -2.46. The first-order valence-electron chi connectivity index (χ1n) is 8.45. The van der Waals surface area contributed by atoms with Crippen LogP contribution in [0, 0.1) is 0 Å². The molecule has 2 aromatic heterocycles. The van der Waals surface area contributed by atoms with Gasteiger partial charge in [0.15, 0.2) is 0 Å². The molecule has 0 bridgehead atoms. The van der Waals surface area contributed by atoms with Gasteiger partial charge in [-0.1, -0.05) is 12.1 Å². The second-order valence-corrected chi connectivity index (χ2v) is 6.29. The molecular weight excluding hydrogens is 326 g/mol. The average Bonchev–Trinajstić information content (AvgIpc) is 2.69. The van der Waals surface area contributed by atoms with E-state index in [0.717, 1.165) is 16.8 Å². The van der Waals surface area contributed by atoms with Crippen LogP contribution in [0.3, 0.4) is 0 Å². The second-order valence-electron chi connectivity index (χ2n) is 6.29. The van der Waals surface area contributed by atoms with Crippen LogP contribution in [0.4, 0.5) is 22.0 Å². The molecule has 0 radical (unpaired) electrons. The maximum Gasteiger partial charge on any atom is 0.331 e. The van der Waals surface area contributed by atoms with Crippen LogP contribution in [0.15, 0.2) is 67.1 Å². The maximum absolute atomic E-state index is 13.3. The summed E-state index contributed by atoms with van der Waals surface area (Å²) in [5, 5.41) is 0. The molecule has 2 amide bonds. The van der Waals surface area contributed by atoms with Crippen LogP contribution in [0.1, 0.15) is 24.1 Å². The molecule has 6 nitrogen and oxygen atoms in total. The van der Waals surface area contributed by atoms with E-state index >= 15 is 0 Å². The summed E-state index contributed by atoms with van der Waals surface area (Å²) in [6.45, 7) is 2.51. The molecule has 1 aliphatic heterocycles. The number of urea groups is 1. The molecule has 3 heterocycles. The molecule has 1 aliphatic rings. The first kappa shape index (κ1) is 16.1. The molecule has 4 rings (SSSR count). The number of aromatic nitrogens is 2. The number of nitrogens with zero attached hydrogens (tertiary/aromatic N) is 4. The Hall–Kier alpha value is -3.41. The van der Waals surface area contributed by atoms with Gasteiger partial charge in [-0.25, -0.2) is 14.7 Å². The fraction of sp³-hybridized carbons (Fsp3) is 0.150. The zero-order valence-electron chi connectivity index (χ0n) is 14.4. The third-order valence-electron chi connectivity index (χ3n) is 4.64. The number of hydrogen-bond acceptors (Lipinski definition) is 4. The summed E-state index contributed by atoms with van der Waals surface area (Å²) in [7, 11) is 0. The van der Waals surface area contributed by atoms with E-state index in [1.54, 1.807) is 35.6 Å². The van der Waals surface area contributed by atoms with Crippen molar-refractivity contribution in [3.63, 3.8) is 0 Å². The number of rotatable bonds is 3. The Morgan fingerprint density at radius 2 is 1.85 bits per heavy atom. The van der Waals surface area contributed by atoms with E-state index in [0.29, 0.717) is 18.1 Å². The van der Waals surface area contributed by atoms with Crippen molar-refractivity contribution in [1.82, 2.24) is 14.9 Å². The highest BCUT2D eigenvalue weighted by molar-refractivity contribution is 6.01. The number of nitrogens with two attached hydrogens (primary N) is 1. The van der Waals surface area contributed by atoms with Crippen LogP contribution in [0.5, 0.6) is 0 Å². The first-order chi connectivity index (χ1) is 12.6. The predicted octanol–water partition coefficient (Wildman–Crippen LogP) is 3.89. The summed E-state index contributed by atoms with van der Waals surface area (Å²) in [6, 6.07) is 14.8. The minimum atomic E-state index is -0.114. The summed E-state index contributed by atoms with van der Waals surface area (Å²) < 4.78 is 0. The van der Waals surface area contributed by atoms with Crippen LogP contribution >= 0.6 is 0 Å². The van der Waals surface area contributed by atoms with Gasteiger partial charge < -0.3 is 10.6 Å². The van der Waals surface area contributed by atoms with Crippen molar-refractivity contribution in [2.24, 2.45) is 0 Å². The van der Waals surface area contributed by atoms with Gasteiger partial charge in [-0.15, -0.1) is 0 Å². The van der Waals surface area contributed by atoms with Crippen molar-refractivity contribution in [1.29, 1.82) is 0 Å². The largest absolute Gasteiger partial charge is 0.399 e. The fourth-order valence-corrected chi connectivity index (χ4v) is 3.19. The summed E-state index contributed by atoms with van der Waals surface area (Å²) in [5.74, 6) is 0.664. The molecule has 0 fully saturated rings. The van der Waals surface area contributed by atoms with Crippen molar-refractivity contribution in [3.8, 4) is 0 Å². The van der Waals surface area contributed by atoms with Crippen LogP contribution < -0.4 is 10.6 Å². The monoisotopic (exact) mass is 345 g/mol. The van der Waals surface area contributed by atoms with Crippen molar-refractivity contribution in [2.75, 3.05) is 10.6 Å². The highest BCUT2D eigenvalue weighted by atomic mass is 16.2. The number of fused-ring (bicyclic) bond motifs is 1. The number of carbonyl (C=O) groups is 1. The summed E-state index contributed by atoms with van der Waals surface area (Å²) in [4.78, 5) is 25.5. The number of carbonyl (C=O) groups excluding carboxylic acids is 1. The number of hydrogen-bond donors (Lipinski definition) is 1. The van der Waals surface area contributed by atoms with E-state index in [1.165, 1.54) is 0 Å². The molecule has 0 spiro atoms. The maximum atomic E-state index is 13.3. The van der Waals surface area contributed by atoms with Gasteiger partial charge >= 0.3 is 6.03 Å².